The molecule has 16 heavy (non-hydrogen) atoms. The first kappa shape index (κ1) is 13.1. The minimum absolute atomic E-state index is 0.0898. The van der Waals surface area contributed by atoms with Crippen LogP contribution in [0.3, 0.4) is 0 Å². The maximum absolute atomic E-state index is 11.3. The Balaban J connectivity index is 2.85. The van der Waals surface area contributed by atoms with Crippen LogP contribution in [-0.4, -0.2) is 38.4 Å². The SMILES string of the molecule is CS(=O)(=O)CS(=O)(=O)Nc1ccc(Cl)nn1. The molecule has 0 bridgehead atoms. The average molecular weight is 286 g/mol. The molecule has 0 fully saturated rings. The number of halogens is 1. The number of nitrogens with zero attached hydrogens (tertiary/aromatic N) is 2. The van der Waals surface area contributed by atoms with E-state index >= 15 is 0 Å². The number of rotatable bonds is 4. The maximum atomic E-state index is 11.3. The Hall–Kier alpha value is -0.930. The Morgan fingerprint density at radius 2 is 1.88 bits per heavy atom. The van der Waals surface area contributed by atoms with E-state index in [2.05, 4.69) is 10.2 Å². The minimum atomic E-state index is -3.99. The van der Waals surface area contributed by atoms with Crippen molar-refractivity contribution in [1.82, 2.24) is 10.2 Å². The zero-order valence-corrected chi connectivity index (χ0v) is 10.5. The molecule has 90 valence electrons. The van der Waals surface area contributed by atoms with E-state index in [0.717, 1.165) is 6.26 Å². The molecule has 0 aliphatic heterocycles. The second-order valence-electron chi connectivity index (χ2n) is 3.00. The topological polar surface area (TPSA) is 106 Å². The number of hydrogen-bond donors (Lipinski definition) is 1. The van der Waals surface area contributed by atoms with Crippen LogP contribution < -0.4 is 4.72 Å². The van der Waals surface area contributed by atoms with Gasteiger partial charge in [-0.1, -0.05) is 11.6 Å². The van der Waals surface area contributed by atoms with Crippen molar-refractivity contribution in [3.63, 3.8) is 0 Å². The summed E-state index contributed by atoms with van der Waals surface area (Å²) >= 11 is 5.44. The summed E-state index contributed by atoms with van der Waals surface area (Å²) in [5, 5.41) is 5.92. The van der Waals surface area contributed by atoms with Crippen molar-refractivity contribution >= 4 is 37.3 Å². The molecule has 1 aromatic rings. The third-order valence-electron chi connectivity index (χ3n) is 1.26. The summed E-state index contributed by atoms with van der Waals surface area (Å²) in [7, 11) is -7.62. The third-order valence-corrected chi connectivity index (χ3v) is 4.94. The molecule has 0 saturated heterocycles. The molecule has 1 N–H and O–H groups in total. The first-order valence-electron chi connectivity index (χ1n) is 3.85. The molecule has 0 amide bonds. The Morgan fingerprint density at radius 1 is 1.25 bits per heavy atom. The largest absolute Gasteiger partial charge is 0.265 e. The lowest BCUT2D eigenvalue weighted by Crippen LogP contribution is -2.22. The lowest BCUT2D eigenvalue weighted by Gasteiger charge is -2.04. The molecular formula is C6H8ClN3O4S2. The van der Waals surface area contributed by atoms with Gasteiger partial charge in [0.1, 0.15) is 0 Å². The summed E-state index contributed by atoms with van der Waals surface area (Å²) in [6, 6.07) is 2.60. The average Bonchev–Trinajstić information content (AvgIpc) is 2.04. The van der Waals surface area contributed by atoms with Crippen molar-refractivity contribution in [3.05, 3.63) is 17.3 Å². The van der Waals surface area contributed by atoms with E-state index < -0.39 is 24.9 Å². The van der Waals surface area contributed by atoms with E-state index in [4.69, 9.17) is 11.6 Å². The van der Waals surface area contributed by atoms with Gasteiger partial charge >= 0.3 is 0 Å². The molecule has 0 spiro atoms. The maximum Gasteiger partial charge on any atom is 0.248 e. The van der Waals surface area contributed by atoms with E-state index in [-0.39, 0.29) is 11.0 Å². The highest BCUT2D eigenvalue weighted by atomic mass is 35.5. The van der Waals surface area contributed by atoms with Gasteiger partial charge in [-0.05, 0) is 12.1 Å². The Bertz CT molecular complexity index is 566. The molecule has 10 heteroatoms. The van der Waals surface area contributed by atoms with Crippen molar-refractivity contribution in [3.8, 4) is 0 Å². The van der Waals surface area contributed by atoms with Crippen molar-refractivity contribution in [1.29, 1.82) is 0 Å². The van der Waals surface area contributed by atoms with Gasteiger partial charge in [-0.15, -0.1) is 10.2 Å². The van der Waals surface area contributed by atoms with Crippen molar-refractivity contribution in [2.75, 3.05) is 16.1 Å². The van der Waals surface area contributed by atoms with Crippen LogP contribution in [0.5, 0.6) is 0 Å². The van der Waals surface area contributed by atoms with Gasteiger partial charge in [0.2, 0.25) is 10.0 Å². The Morgan fingerprint density at radius 3 is 2.31 bits per heavy atom. The fourth-order valence-electron chi connectivity index (χ4n) is 0.841. The highest BCUT2D eigenvalue weighted by molar-refractivity contribution is 8.08. The third kappa shape index (κ3) is 4.73. The molecule has 0 unspecified atom stereocenters. The normalized spacial score (nSPS) is 12.4. The van der Waals surface area contributed by atoms with E-state index in [0.29, 0.717) is 0 Å². The Kier molecular flexibility index (Phi) is 3.71. The van der Waals surface area contributed by atoms with Crippen LogP contribution in [0.4, 0.5) is 5.82 Å². The van der Waals surface area contributed by atoms with Gasteiger partial charge in [0, 0.05) is 6.26 Å². The van der Waals surface area contributed by atoms with Gasteiger partial charge in [0.15, 0.2) is 25.9 Å². The van der Waals surface area contributed by atoms with Gasteiger partial charge in [-0.25, -0.2) is 16.8 Å². The number of aromatic nitrogens is 2. The van der Waals surface area contributed by atoms with Crippen LogP contribution in [-0.2, 0) is 19.9 Å². The molecular weight excluding hydrogens is 278 g/mol. The van der Waals surface area contributed by atoms with Crippen molar-refractivity contribution in [2.45, 2.75) is 0 Å². The first-order valence-corrected chi connectivity index (χ1v) is 7.94. The minimum Gasteiger partial charge on any atom is -0.265 e. The number of sulfone groups is 1. The summed E-state index contributed by atoms with van der Waals surface area (Å²) in [6.45, 7) is 0. The number of sulfonamides is 1. The van der Waals surface area contributed by atoms with Crippen LogP contribution in [0.25, 0.3) is 0 Å². The van der Waals surface area contributed by atoms with Crippen molar-refractivity contribution < 1.29 is 16.8 Å². The first-order chi connectivity index (χ1) is 7.18. The second kappa shape index (κ2) is 4.52. The van der Waals surface area contributed by atoms with Gasteiger partial charge in [-0.2, -0.15) is 0 Å². The lowest BCUT2D eigenvalue weighted by molar-refractivity contribution is 0.594. The molecule has 0 aliphatic carbocycles. The number of hydrogen-bond acceptors (Lipinski definition) is 6. The van der Waals surface area contributed by atoms with Crippen LogP contribution >= 0.6 is 11.6 Å². The van der Waals surface area contributed by atoms with Crippen LogP contribution in [0.2, 0.25) is 5.15 Å². The molecule has 1 aromatic heterocycles. The van der Waals surface area contributed by atoms with Gasteiger partial charge < -0.3 is 0 Å². The fourth-order valence-corrected chi connectivity index (χ4v) is 3.86. The van der Waals surface area contributed by atoms with Gasteiger partial charge in [-0.3, -0.25) is 4.72 Å². The molecule has 7 nitrogen and oxygen atoms in total. The summed E-state index contributed by atoms with van der Waals surface area (Å²) in [6.07, 6.45) is 0.819. The van der Waals surface area contributed by atoms with Gasteiger partial charge in [0.25, 0.3) is 0 Å². The monoisotopic (exact) mass is 285 g/mol. The second-order valence-corrected chi connectivity index (χ2v) is 7.62. The van der Waals surface area contributed by atoms with Crippen LogP contribution in [0.1, 0.15) is 0 Å². The predicted molar refractivity (Wildman–Crippen MR) is 59.3 cm³/mol. The summed E-state index contributed by atoms with van der Waals surface area (Å²) < 4.78 is 46.2. The molecule has 1 heterocycles. The quantitative estimate of drug-likeness (QED) is 0.826. The molecule has 0 atom stereocenters. The smallest absolute Gasteiger partial charge is 0.248 e. The fraction of sp³-hybridized carbons (Fsp3) is 0.333. The predicted octanol–water partition coefficient (Wildman–Crippen LogP) is -0.126. The highest BCUT2D eigenvalue weighted by Crippen LogP contribution is 2.08. The zero-order chi connectivity index (χ0) is 12.4. The molecule has 1 rings (SSSR count). The standard InChI is InChI=1S/C6H8ClN3O4S2/c1-15(11,12)4-16(13,14)10-6-3-2-5(7)8-9-6/h2-3H,4H2,1H3,(H,9,10). The molecule has 0 saturated carbocycles. The number of anilines is 1. The summed E-state index contributed by atoms with van der Waals surface area (Å²) in [5.74, 6) is -0.0898. The van der Waals surface area contributed by atoms with Gasteiger partial charge in [0.05, 0.1) is 0 Å². The van der Waals surface area contributed by atoms with E-state index in [1.165, 1.54) is 12.1 Å². The summed E-state index contributed by atoms with van der Waals surface area (Å²) in [5.41, 5.74) is 0. The van der Waals surface area contributed by atoms with E-state index in [1.807, 2.05) is 4.72 Å². The van der Waals surface area contributed by atoms with Crippen LogP contribution in [0, 0.1) is 0 Å². The zero-order valence-electron chi connectivity index (χ0n) is 8.08. The molecule has 0 aromatic carbocycles. The van der Waals surface area contributed by atoms with E-state index in [1.54, 1.807) is 0 Å². The molecule has 0 aliphatic rings. The van der Waals surface area contributed by atoms with Crippen molar-refractivity contribution in [2.24, 2.45) is 0 Å². The van der Waals surface area contributed by atoms with Crippen LogP contribution in [0.15, 0.2) is 12.1 Å². The highest BCUT2D eigenvalue weighted by Gasteiger charge is 2.18. The number of nitrogens with one attached hydrogen (secondary N) is 1. The molecule has 0 radical (unpaired) electrons. The summed E-state index contributed by atoms with van der Waals surface area (Å²) in [4.78, 5) is 0. The van der Waals surface area contributed by atoms with E-state index in [9.17, 15) is 16.8 Å². The lowest BCUT2D eigenvalue weighted by atomic mass is 10.5. The Labute approximate surface area is 97.8 Å².